The van der Waals surface area contributed by atoms with E-state index >= 15 is 0 Å². The van der Waals surface area contributed by atoms with Gasteiger partial charge in [0.25, 0.3) is 11.1 Å². The quantitative estimate of drug-likeness (QED) is 0.526. The van der Waals surface area contributed by atoms with Crippen molar-refractivity contribution in [3.8, 4) is 33.8 Å². The van der Waals surface area contributed by atoms with Crippen molar-refractivity contribution >= 4 is 10.8 Å². The molecule has 5 nitrogen and oxygen atoms in total. The van der Waals surface area contributed by atoms with E-state index < -0.39 is 11.1 Å². The molecule has 0 radical (unpaired) electrons. The molecule has 25 heavy (non-hydrogen) atoms. The van der Waals surface area contributed by atoms with Crippen LogP contribution in [0.15, 0.2) is 70.3 Å². The third-order valence-electron chi connectivity index (χ3n) is 4.23. The monoisotopic (exact) mass is 331 g/mol. The fourth-order valence-electron chi connectivity index (χ4n) is 3.07. The van der Waals surface area contributed by atoms with Crippen LogP contribution < -0.4 is 11.1 Å². The number of hydrogen-bond donors (Lipinski definition) is 3. The van der Waals surface area contributed by atoms with E-state index in [4.69, 9.17) is 0 Å². The summed E-state index contributed by atoms with van der Waals surface area (Å²) < 4.78 is 0. The zero-order valence-corrected chi connectivity index (χ0v) is 13.0. The normalized spacial score (nSPS) is 11.0. The lowest BCUT2D eigenvalue weighted by atomic mass is 9.90. The first-order valence-electron chi connectivity index (χ1n) is 7.66. The largest absolute Gasteiger partial charge is 0.508 e. The Bertz CT molecular complexity index is 1080. The number of hydrogen-bond acceptors (Lipinski definition) is 4. The topological polar surface area (TPSA) is 90.4 Å². The standard InChI is InChI=1S/C20H13NO4/c22-13-5-1-11(2-6-13)17-15-9-10-16(20(25)21-19(15)24)18(17)12-3-7-14(23)8-4-12/h1-10,22-23H,(H,21,24,25). The van der Waals surface area contributed by atoms with Crippen LogP contribution in [0.2, 0.25) is 0 Å². The van der Waals surface area contributed by atoms with Gasteiger partial charge in [-0.1, -0.05) is 24.3 Å². The predicted molar refractivity (Wildman–Crippen MR) is 96.2 cm³/mol. The van der Waals surface area contributed by atoms with E-state index in [1.807, 2.05) is 0 Å². The Morgan fingerprint density at radius 2 is 0.920 bits per heavy atom. The van der Waals surface area contributed by atoms with Crippen LogP contribution in [-0.2, 0) is 0 Å². The molecule has 3 N–H and O–H groups in total. The minimum atomic E-state index is -0.465. The molecule has 0 atom stereocenters. The van der Waals surface area contributed by atoms with Crippen LogP contribution in [0.5, 0.6) is 11.5 Å². The van der Waals surface area contributed by atoms with Crippen molar-refractivity contribution in [1.29, 1.82) is 0 Å². The van der Waals surface area contributed by atoms with Crippen LogP contribution >= 0.6 is 0 Å². The van der Waals surface area contributed by atoms with Crippen LogP contribution in [0, 0.1) is 0 Å². The van der Waals surface area contributed by atoms with Crippen LogP contribution in [0.3, 0.4) is 0 Å². The maximum Gasteiger partial charge on any atom is 0.258 e. The summed E-state index contributed by atoms with van der Waals surface area (Å²) in [6.07, 6.45) is 0. The molecule has 5 aromatic rings. The van der Waals surface area contributed by atoms with E-state index in [0.29, 0.717) is 33.0 Å². The molecule has 0 saturated heterocycles. The first-order chi connectivity index (χ1) is 12.0. The Morgan fingerprint density at radius 3 is 1.28 bits per heavy atom. The third kappa shape index (κ3) is 2.42. The van der Waals surface area contributed by atoms with E-state index in [0.717, 1.165) is 0 Å². The van der Waals surface area contributed by atoms with Crippen molar-refractivity contribution in [2.24, 2.45) is 0 Å². The second kappa shape index (κ2) is 5.49. The van der Waals surface area contributed by atoms with Crippen LogP contribution in [0.1, 0.15) is 0 Å². The molecule has 0 amide bonds. The summed E-state index contributed by atoms with van der Waals surface area (Å²) >= 11 is 0. The Hall–Kier alpha value is -3.60. The van der Waals surface area contributed by atoms with E-state index in [-0.39, 0.29) is 11.5 Å². The van der Waals surface area contributed by atoms with Gasteiger partial charge in [0.1, 0.15) is 11.5 Å². The van der Waals surface area contributed by atoms with Gasteiger partial charge in [-0.3, -0.25) is 14.6 Å². The molecule has 2 aromatic heterocycles. The number of aromatic amines is 1. The number of H-pyrrole nitrogens is 1. The molecule has 0 saturated carbocycles. The number of fused-ring (bicyclic) bond motifs is 4. The zero-order chi connectivity index (χ0) is 17.6. The molecule has 122 valence electrons. The van der Waals surface area contributed by atoms with Gasteiger partial charge in [0.15, 0.2) is 0 Å². The van der Waals surface area contributed by atoms with Crippen LogP contribution in [0.4, 0.5) is 0 Å². The fourth-order valence-corrected chi connectivity index (χ4v) is 3.07. The number of nitrogens with one attached hydrogen (secondary N) is 1. The molecule has 0 fully saturated rings. The van der Waals surface area contributed by atoms with Gasteiger partial charge in [0, 0.05) is 21.9 Å². The van der Waals surface area contributed by atoms with Gasteiger partial charge in [-0.2, -0.15) is 0 Å². The van der Waals surface area contributed by atoms with Gasteiger partial charge in [-0.15, -0.1) is 0 Å². The number of phenols is 2. The number of aromatic hydroxyl groups is 2. The highest BCUT2D eigenvalue weighted by Gasteiger charge is 2.18. The summed E-state index contributed by atoms with van der Waals surface area (Å²) in [7, 11) is 0. The van der Waals surface area contributed by atoms with E-state index in [1.165, 1.54) is 24.3 Å². The lowest BCUT2D eigenvalue weighted by Crippen LogP contribution is -2.12. The number of rotatable bonds is 2. The van der Waals surface area contributed by atoms with E-state index in [2.05, 4.69) is 4.98 Å². The van der Waals surface area contributed by atoms with Gasteiger partial charge in [-0.25, -0.2) is 0 Å². The minimum Gasteiger partial charge on any atom is -0.508 e. The van der Waals surface area contributed by atoms with Crippen LogP contribution in [0.25, 0.3) is 33.0 Å². The molecule has 3 aromatic carbocycles. The summed E-state index contributed by atoms with van der Waals surface area (Å²) in [5, 5.41) is 19.8. The first-order valence-corrected chi connectivity index (χ1v) is 7.66. The molecule has 0 aliphatic rings. The Balaban J connectivity index is 2.19. The summed E-state index contributed by atoms with van der Waals surface area (Å²) in [6.45, 7) is 0. The molecule has 2 bridgehead atoms. The summed E-state index contributed by atoms with van der Waals surface area (Å²) in [6, 6.07) is 16.2. The second-order valence-electron chi connectivity index (χ2n) is 5.79. The van der Waals surface area contributed by atoms with Crippen molar-refractivity contribution < 1.29 is 10.2 Å². The number of aromatic nitrogens is 1. The number of phenolic OH excluding ortho intramolecular Hbond substituents is 2. The van der Waals surface area contributed by atoms with Crippen molar-refractivity contribution in [2.45, 2.75) is 0 Å². The highest BCUT2D eigenvalue weighted by Crippen LogP contribution is 2.38. The Kier molecular flexibility index (Phi) is 3.28. The molecule has 5 heteroatoms. The molecular formula is C20H13NO4. The molecule has 5 rings (SSSR count). The fraction of sp³-hybridized carbons (Fsp3) is 0. The summed E-state index contributed by atoms with van der Waals surface area (Å²) in [5.41, 5.74) is 1.73. The van der Waals surface area contributed by atoms with Crippen molar-refractivity contribution in [3.63, 3.8) is 0 Å². The van der Waals surface area contributed by atoms with E-state index in [9.17, 15) is 19.8 Å². The molecule has 0 aliphatic carbocycles. The molecule has 0 spiro atoms. The SMILES string of the molecule is O=c1[nH]c(=O)c2ccc1c(-c1ccc(O)cc1)c2-c1ccc(O)cc1. The molecule has 0 unspecified atom stereocenters. The molecule has 0 aliphatic heterocycles. The second-order valence-corrected chi connectivity index (χ2v) is 5.79. The lowest BCUT2D eigenvalue weighted by molar-refractivity contribution is 0.475. The first kappa shape index (κ1) is 15.0. The summed E-state index contributed by atoms with van der Waals surface area (Å²) in [4.78, 5) is 27.2. The predicted octanol–water partition coefficient (Wildman–Crippen LogP) is 3.07. The van der Waals surface area contributed by atoms with E-state index in [1.54, 1.807) is 36.4 Å². The zero-order valence-electron chi connectivity index (χ0n) is 13.0. The van der Waals surface area contributed by atoms with Crippen LogP contribution in [-0.4, -0.2) is 15.2 Å². The van der Waals surface area contributed by atoms with Gasteiger partial charge >= 0.3 is 0 Å². The summed E-state index contributed by atoms with van der Waals surface area (Å²) in [5.74, 6) is 0.228. The smallest absolute Gasteiger partial charge is 0.258 e. The van der Waals surface area contributed by atoms with Crippen molar-refractivity contribution in [2.75, 3.05) is 0 Å². The Morgan fingerprint density at radius 1 is 0.560 bits per heavy atom. The average Bonchev–Trinajstić information content (AvgIpc) is 2.81. The highest BCUT2D eigenvalue weighted by molar-refractivity contribution is 6.03. The maximum atomic E-state index is 12.4. The van der Waals surface area contributed by atoms with Gasteiger partial charge in [0.05, 0.1) is 0 Å². The van der Waals surface area contributed by atoms with Gasteiger partial charge in [-0.05, 0) is 47.5 Å². The number of benzene rings is 3. The van der Waals surface area contributed by atoms with Crippen molar-refractivity contribution in [3.05, 3.63) is 81.4 Å². The Labute approximate surface area is 141 Å². The van der Waals surface area contributed by atoms with Gasteiger partial charge in [0.2, 0.25) is 0 Å². The van der Waals surface area contributed by atoms with Crippen molar-refractivity contribution in [1.82, 2.24) is 4.98 Å². The maximum absolute atomic E-state index is 12.4. The third-order valence-corrected chi connectivity index (χ3v) is 4.23. The minimum absolute atomic E-state index is 0.114. The molecular weight excluding hydrogens is 318 g/mol. The average molecular weight is 331 g/mol. The van der Waals surface area contributed by atoms with Gasteiger partial charge < -0.3 is 10.2 Å². The molecule has 2 heterocycles. The highest BCUT2D eigenvalue weighted by atomic mass is 16.3. The lowest BCUT2D eigenvalue weighted by Gasteiger charge is -2.12.